The number of hydrogen-bond donors (Lipinski definition) is 1. The zero-order valence-corrected chi connectivity index (χ0v) is 18.2. The van der Waals surface area contributed by atoms with E-state index in [-0.39, 0.29) is 12.5 Å². The third-order valence-electron chi connectivity index (χ3n) is 4.06. The molecule has 0 bridgehead atoms. The van der Waals surface area contributed by atoms with E-state index in [4.69, 9.17) is 37.4 Å². The van der Waals surface area contributed by atoms with Gasteiger partial charge in [0, 0.05) is 10.0 Å². The lowest BCUT2D eigenvalue weighted by Gasteiger charge is -2.11. The van der Waals surface area contributed by atoms with E-state index in [1.807, 2.05) is 24.3 Å². The van der Waals surface area contributed by atoms with Crippen molar-refractivity contribution in [3.8, 4) is 17.2 Å². The molecular formula is C23H20Cl2N2O4. The minimum atomic E-state index is -0.389. The highest BCUT2D eigenvalue weighted by Gasteiger charge is 2.06. The Labute approximate surface area is 190 Å². The van der Waals surface area contributed by atoms with Crippen molar-refractivity contribution in [3.05, 3.63) is 87.9 Å². The molecular weight excluding hydrogens is 439 g/mol. The van der Waals surface area contributed by atoms with Gasteiger partial charge in [-0.3, -0.25) is 4.79 Å². The first-order chi connectivity index (χ1) is 15.0. The van der Waals surface area contributed by atoms with Gasteiger partial charge >= 0.3 is 0 Å². The van der Waals surface area contributed by atoms with Gasteiger partial charge in [0.15, 0.2) is 18.1 Å². The normalized spacial score (nSPS) is 10.7. The Hall–Kier alpha value is -3.22. The van der Waals surface area contributed by atoms with Crippen molar-refractivity contribution in [2.24, 2.45) is 5.10 Å². The molecule has 0 radical (unpaired) electrons. The fourth-order valence-electron chi connectivity index (χ4n) is 2.56. The second-order valence-electron chi connectivity index (χ2n) is 6.36. The summed E-state index contributed by atoms with van der Waals surface area (Å²) in [6, 6.07) is 19.5. The summed E-state index contributed by atoms with van der Waals surface area (Å²) in [5.74, 6) is 1.28. The molecule has 0 aromatic heterocycles. The molecule has 0 heterocycles. The van der Waals surface area contributed by atoms with Crippen molar-refractivity contribution < 1.29 is 19.0 Å². The van der Waals surface area contributed by atoms with E-state index in [0.29, 0.717) is 33.9 Å². The van der Waals surface area contributed by atoms with Crippen LogP contribution in [-0.4, -0.2) is 25.8 Å². The smallest absolute Gasteiger partial charge is 0.277 e. The maximum atomic E-state index is 11.9. The van der Waals surface area contributed by atoms with Crippen molar-refractivity contribution in [1.82, 2.24) is 5.43 Å². The molecule has 6 nitrogen and oxygen atoms in total. The second kappa shape index (κ2) is 11.2. The predicted octanol–water partition coefficient (Wildman–Crippen LogP) is 5.11. The summed E-state index contributed by atoms with van der Waals surface area (Å²) in [5, 5.41) is 5.19. The quantitative estimate of drug-likeness (QED) is 0.357. The standard InChI is InChI=1S/C23H20Cl2N2O4/c1-29-22-12-16(5-10-21(22)31-14-17-3-2-4-19(25)11-17)13-26-27-23(28)15-30-20-8-6-18(24)7-9-20/h2-13H,14-15H2,1H3,(H,27,28). The average Bonchev–Trinajstić information content (AvgIpc) is 2.77. The maximum Gasteiger partial charge on any atom is 0.277 e. The van der Waals surface area contributed by atoms with Gasteiger partial charge < -0.3 is 14.2 Å². The van der Waals surface area contributed by atoms with E-state index in [9.17, 15) is 4.79 Å². The third-order valence-corrected chi connectivity index (χ3v) is 4.54. The minimum Gasteiger partial charge on any atom is -0.493 e. The van der Waals surface area contributed by atoms with Crippen molar-refractivity contribution >= 4 is 35.3 Å². The molecule has 0 aliphatic carbocycles. The van der Waals surface area contributed by atoms with Gasteiger partial charge in [-0.1, -0.05) is 35.3 Å². The summed E-state index contributed by atoms with van der Waals surface area (Å²) in [7, 11) is 1.55. The van der Waals surface area contributed by atoms with Crippen LogP contribution in [0.15, 0.2) is 71.8 Å². The number of hydrazone groups is 1. The van der Waals surface area contributed by atoms with Gasteiger partial charge in [0.05, 0.1) is 13.3 Å². The highest BCUT2D eigenvalue weighted by Crippen LogP contribution is 2.28. The van der Waals surface area contributed by atoms with Crippen LogP contribution < -0.4 is 19.6 Å². The molecule has 0 saturated heterocycles. The third kappa shape index (κ3) is 7.20. The van der Waals surface area contributed by atoms with Crippen LogP contribution in [0, 0.1) is 0 Å². The van der Waals surface area contributed by atoms with Crippen LogP contribution in [0.3, 0.4) is 0 Å². The molecule has 3 aromatic carbocycles. The monoisotopic (exact) mass is 458 g/mol. The van der Waals surface area contributed by atoms with Gasteiger partial charge in [-0.25, -0.2) is 5.43 Å². The number of ether oxygens (including phenoxy) is 3. The predicted molar refractivity (Wildman–Crippen MR) is 121 cm³/mol. The minimum absolute atomic E-state index is 0.168. The summed E-state index contributed by atoms with van der Waals surface area (Å²) in [4.78, 5) is 11.9. The lowest BCUT2D eigenvalue weighted by Crippen LogP contribution is -2.24. The molecule has 8 heteroatoms. The lowest BCUT2D eigenvalue weighted by molar-refractivity contribution is -0.123. The summed E-state index contributed by atoms with van der Waals surface area (Å²) in [6.45, 7) is 0.187. The molecule has 1 amide bonds. The maximum absolute atomic E-state index is 11.9. The highest BCUT2D eigenvalue weighted by atomic mass is 35.5. The molecule has 0 aliphatic rings. The van der Waals surface area contributed by atoms with Gasteiger partial charge in [0.1, 0.15) is 12.4 Å². The Kier molecular flexibility index (Phi) is 8.15. The average molecular weight is 459 g/mol. The van der Waals surface area contributed by atoms with Gasteiger partial charge in [0.25, 0.3) is 5.91 Å². The van der Waals surface area contributed by atoms with Crippen molar-refractivity contribution in [2.75, 3.05) is 13.7 Å². The molecule has 3 aromatic rings. The Morgan fingerprint density at radius 3 is 2.52 bits per heavy atom. The first-order valence-corrected chi connectivity index (χ1v) is 10.0. The number of carbonyl (C=O) groups excluding carboxylic acids is 1. The van der Waals surface area contributed by atoms with Crippen LogP contribution in [0.25, 0.3) is 0 Å². The van der Waals surface area contributed by atoms with E-state index in [2.05, 4.69) is 10.5 Å². The first-order valence-electron chi connectivity index (χ1n) is 9.29. The summed E-state index contributed by atoms with van der Waals surface area (Å²) >= 11 is 11.8. The number of hydrogen-bond acceptors (Lipinski definition) is 5. The molecule has 31 heavy (non-hydrogen) atoms. The Morgan fingerprint density at radius 1 is 0.968 bits per heavy atom. The Bertz CT molecular complexity index is 1060. The molecule has 0 unspecified atom stereocenters. The van der Waals surface area contributed by atoms with Crippen LogP contribution in [0.4, 0.5) is 0 Å². The van der Waals surface area contributed by atoms with Crippen LogP contribution in [0.2, 0.25) is 10.0 Å². The van der Waals surface area contributed by atoms with Gasteiger partial charge in [0.2, 0.25) is 0 Å². The van der Waals surface area contributed by atoms with Gasteiger partial charge in [-0.15, -0.1) is 0 Å². The summed E-state index contributed by atoms with van der Waals surface area (Å²) in [6.07, 6.45) is 1.50. The van der Waals surface area contributed by atoms with Crippen LogP contribution >= 0.6 is 23.2 Å². The fourth-order valence-corrected chi connectivity index (χ4v) is 2.90. The van der Waals surface area contributed by atoms with Gasteiger partial charge in [-0.2, -0.15) is 5.10 Å². The molecule has 0 spiro atoms. The number of nitrogens with zero attached hydrogens (tertiary/aromatic N) is 1. The SMILES string of the molecule is COc1cc(C=NNC(=O)COc2ccc(Cl)cc2)ccc1OCc1cccc(Cl)c1. The number of methoxy groups -OCH3 is 1. The first kappa shape index (κ1) is 22.5. The fraction of sp³-hybridized carbons (Fsp3) is 0.130. The van der Waals surface area contributed by atoms with E-state index >= 15 is 0 Å². The number of rotatable bonds is 9. The molecule has 3 rings (SSSR count). The van der Waals surface area contributed by atoms with Crippen LogP contribution in [0.5, 0.6) is 17.2 Å². The summed E-state index contributed by atoms with van der Waals surface area (Å²) in [5.41, 5.74) is 4.09. The zero-order chi connectivity index (χ0) is 22.1. The van der Waals surface area contributed by atoms with Crippen molar-refractivity contribution in [2.45, 2.75) is 6.61 Å². The number of benzene rings is 3. The molecule has 160 valence electrons. The molecule has 0 atom stereocenters. The van der Waals surface area contributed by atoms with E-state index in [1.54, 1.807) is 49.6 Å². The largest absolute Gasteiger partial charge is 0.493 e. The number of nitrogens with one attached hydrogen (secondary N) is 1. The molecule has 0 fully saturated rings. The summed E-state index contributed by atoms with van der Waals surface area (Å²) < 4.78 is 16.6. The van der Waals surface area contributed by atoms with Crippen LogP contribution in [-0.2, 0) is 11.4 Å². The van der Waals surface area contributed by atoms with Crippen molar-refractivity contribution in [3.63, 3.8) is 0 Å². The van der Waals surface area contributed by atoms with Crippen molar-refractivity contribution in [1.29, 1.82) is 0 Å². The van der Waals surface area contributed by atoms with E-state index in [1.165, 1.54) is 6.21 Å². The number of halogens is 2. The molecule has 1 N–H and O–H groups in total. The number of carbonyl (C=O) groups is 1. The topological polar surface area (TPSA) is 69.2 Å². The molecule has 0 saturated carbocycles. The highest BCUT2D eigenvalue weighted by molar-refractivity contribution is 6.30. The Morgan fingerprint density at radius 2 is 1.77 bits per heavy atom. The Balaban J connectivity index is 1.51. The zero-order valence-electron chi connectivity index (χ0n) is 16.7. The van der Waals surface area contributed by atoms with Gasteiger partial charge in [-0.05, 0) is 65.7 Å². The van der Waals surface area contributed by atoms with E-state index < -0.39 is 0 Å². The number of amides is 1. The van der Waals surface area contributed by atoms with E-state index in [0.717, 1.165) is 11.1 Å². The lowest BCUT2D eigenvalue weighted by atomic mass is 10.2. The molecule has 0 aliphatic heterocycles. The second-order valence-corrected chi connectivity index (χ2v) is 7.24. The van der Waals surface area contributed by atoms with Crippen LogP contribution in [0.1, 0.15) is 11.1 Å².